The van der Waals surface area contributed by atoms with Crippen LogP contribution >= 0.6 is 0 Å². The van der Waals surface area contributed by atoms with E-state index in [9.17, 15) is 4.79 Å². The van der Waals surface area contributed by atoms with Crippen molar-refractivity contribution in [2.75, 3.05) is 33.2 Å². The summed E-state index contributed by atoms with van der Waals surface area (Å²) in [5.74, 6) is 0.321. The molecule has 0 atom stereocenters. The number of hydrogen-bond donors (Lipinski definition) is 0. The van der Waals surface area contributed by atoms with Crippen LogP contribution in [0.2, 0.25) is 0 Å². The molecule has 0 N–H and O–H groups in total. The third kappa shape index (κ3) is 2.48. The number of amides is 1. The van der Waals surface area contributed by atoms with Gasteiger partial charge in [-0.05, 0) is 20.0 Å². The van der Waals surface area contributed by atoms with Gasteiger partial charge in [-0.3, -0.25) is 4.79 Å². The molecule has 1 fully saturated rings. The lowest BCUT2D eigenvalue weighted by molar-refractivity contribution is -0.134. The Morgan fingerprint density at radius 3 is 2.58 bits per heavy atom. The highest BCUT2D eigenvalue weighted by atomic mass is 16.2. The Balaban J connectivity index is 2.09. The summed E-state index contributed by atoms with van der Waals surface area (Å²) < 4.78 is 0. The van der Waals surface area contributed by atoms with E-state index >= 15 is 0 Å². The topological polar surface area (TPSA) is 23.6 Å². The van der Waals surface area contributed by atoms with Crippen LogP contribution in [0.5, 0.6) is 0 Å². The Morgan fingerprint density at radius 1 is 1.50 bits per heavy atom. The molecule has 0 aromatic rings. The highest BCUT2D eigenvalue weighted by Crippen LogP contribution is 2.07. The number of nitrogens with zero attached hydrogens (tertiary/aromatic N) is 2. The molecular formula is C9H18N2O. The maximum absolute atomic E-state index is 11.3. The largest absolute Gasteiger partial charge is 0.343 e. The van der Waals surface area contributed by atoms with Crippen molar-refractivity contribution in [1.82, 2.24) is 9.80 Å². The number of rotatable bonds is 4. The second-order valence-electron chi connectivity index (χ2n) is 3.38. The van der Waals surface area contributed by atoms with Crippen LogP contribution in [0.3, 0.4) is 0 Å². The molecule has 12 heavy (non-hydrogen) atoms. The SMILES string of the molecule is CCN(C)CCC(=O)N1CCC1. The summed E-state index contributed by atoms with van der Waals surface area (Å²) in [6.07, 6.45) is 1.87. The summed E-state index contributed by atoms with van der Waals surface area (Å²) in [6, 6.07) is 0. The third-order valence-electron chi connectivity index (χ3n) is 2.46. The zero-order valence-corrected chi connectivity index (χ0v) is 8.05. The van der Waals surface area contributed by atoms with Crippen LogP contribution in [0.4, 0.5) is 0 Å². The second-order valence-corrected chi connectivity index (χ2v) is 3.38. The summed E-state index contributed by atoms with van der Waals surface area (Å²) in [4.78, 5) is 15.4. The Bertz CT molecular complexity index is 155. The fourth-order valence-electron chi connectivity index (χ4n) is 1.17. The van der Waals surface area contributed by atoms with Crippen molar-refractivity contribution in [3.63, 3.8) is 0 Å². The lowest BCUT2D eigenvalue weighted by Gasteiger charge is -2.31. The quantitative estimate of drug-likeness (QED) is 0.615. The van der Waals surface area contributed by atoms with Crippen molar-refractivity contribution in [3.05, 3.63) is 0 Å². The van der Waals surface area contributed by atoms with Gasteiger partial charge in [0.25, 0.3) is 0 Å². The van der Waals surface area contributed by atoms with Crippen LogP contribution in [0.15, 0.2) is 0 Å². The summed E-state index contributed by atoms with van der Waals surface area (Å²) in [5, 5.41) is 0. The van der Waals surface area contributed by atoms with E-state index in [1.807, 2.05) is 11.9 Å². The molecule has 0 aromatic heterocycles. The van der Waals surface area contributed by atoms with Crippen molar-refractivity contribution in [1.29, 1.82) is 0 Å². The highest BCUT2D eigenvalue weighted by molar-refractivity contribution is 5.77. The van der Waals surface area contributed by atoms with Gasteiger partial charge in [-0.15, -0.1) is 0 Å². The van der Waals surface area contributed by atoms with E-state index in [1.165, 1.54) is 6.42 Å². The van der Waals surface area contributed by atoms with E-state index in [2.05, 4.69) is 11.8 Å². The Labute approximate surface area is 74.3 Å². The van der Waals surface area contributed by atoms with E-state index in [4.69, 9.17) is 0 Å². The summed E-state index contributed by atoms with van der Waals surface area (Å²) in [7, 11) is 2.05. The maximum atomic E-state index is 11.3. The fourth-order valence-corrected chi connectivity index (χ4v) is 1.17. The van der Waals surface area contributed by atoms with E-state index in [0.29, 0.717) is 12.3 Å². The van der Waals surface area contributed by atoms with Crippen molar-refractivity contribution in [2.45, 2.75) is 19.8 Å². The summed E-state index contributed by atoms with van der Waals surface area (Å²) >= 11 is 0. The van der Waals surface area contributed by atoms with Crippen molar-refractivity contribution in [2.24, 2.45) is 0 Å². The fraction of sp³-hybridized carbons (Fsp3) is 0.889. The predicted octanol–water partition coefficient (Wildman–Crippen LogP) is 0.560. The van der Waals surface area contributed by atoms with E-state index in [1.54, 1.807) is 0 Å². The molecule has 3 nitrogen and oxygen atoms in total. The molecule has 1 amide bonds. The smallest absolute Gasteiger partial charge is 0.223 e. The Hall–Kier alpha value is -0.570. The van der Waals surface area contributed by atoms with Gasteiger partial charge in [0.05, 0.1) is 0 Å². The van der Waals surface area contributed by atoms with E-state index < -0.39 is 0 Å². The van der Waals surface area contributed by atoms with Gasteiger partial charge in [0.15, 0.2) is 0 Å². The minimum absolute atomic E-state index is 0.321. The molecule has 1 heterocycles. The molecule has 0 radical (unpaired) electrons. The molecule has 1 aliphatic rings. The summed E-state index contributed by atoms with van der Waals surface area (Å²) in [6.45, 7) is 5.98. The first-order valence-corrected chi connectivity index (χ1v) is 4.70. The number of likely N-dealkylation sites (tertiary alicyclic amines) is 1. The van der Waals surface area contributed by atoms with Gasteiger partial charge < -0.3 is 9.80 Å². The van der Waals surface area contributed by atoms with Crippen LogP contribution in [-0.2, 0) is 4.79 Å². The molecule has 0 bridgehead atoms. The van der Waals surface area contributed by atoms with Gasteiger partial charge in [-0.2, -0.15) is 0 Å². The molecule has 0 saturated carbocycles. The molecule has 1 aliphatic heterocycles. The van der Waals surface area contributed by atoms with Crippen LogP contribution in [0.25, 0.3) is 0 Å². The molecule has 3 heteroatoms. The molecule has 1 rings (SSSR count). The standard InChI is InChI=1S/C9H18N2O/c1-3-10(2)8-5-9(12)11-6-4-7-11/h3-8H2,1-2H3. The van der Waals surface area contributed by atoms with Gasteiger partial charge in [0.1, 0.15) is 0 Å². The average molecular weight is 170 g/mol. The third-order valence-corrected chi connectivity index (χ3v) is 2.46. The van der Waals surface area contributed by atoms with Gasteiger partial charge in [-0.25, -0.2) is 0 Å². The minimum Gasteiger partial charge on any atom is -0.343 e. The molecule has 0 aliphatic carbocycles. The monoisotopic (exact) mass is 170 g/mol. The van der Waals surface area contributed by atoms with Crippen molar-refractivity contribution in [3.8, 4) is 0 Å². The average Bonchev–Trinajstić information content (AvgIpc) is 1.97. The van der Waals surface area contributed by atoms with Gasteiger partial charge in [-0.1, -0.05) is 6.92 Å². The minimum atomic E-state index is 0.321. The van der Waals surface area contributed by atoms with Gasteiger partial charge >= 0.3 is 0 Å². The molecule has 70 valence electrons. The normalized spacial score (nSPS) is 16.4. The first-order chi connectivity index (χ1) is 5.74. The predicted molar refractivity (Wildman–Crippen MR) is 49.0 cm³/mol. The van der Waals surface area contributed by atoms with Gasteiger partial charge in [0.2, 0.25) is 5.91 Å². The van der Waals surface area contributed by atoms with Crippen LogP contribution in [0, 0.1) is 0 Å². The number of carbonyl (C=O) groups is 1. The highest BCUT2D eigenvalue weighted by Gasteiger charge is 2.19. The lowest BCUT2D eigenvalue weighted by Crippen LogP contribution is -2.43. The van der Waals surface area contributed by atoms with E-state index in [0.717, 1.165) is 26.2 Å². The Morgan fingerprint density at radius 2 is 2.17 bits per heavy atom. The molecule has 1 saturated heterocycles. The van der Waals surface area contributed by atoms with E-state index in [-0.39, 0.29) is 0 Å². The van der Waals surface area contributed by atoms with Gasteiger partial charge in [0, 0.05) is 26.1 Å². The maximum Gasteiger partial charge on any atom is 0.223 e. The molecule has 0 unspecified atom stereocenters. The van der Waals surface area contributed by atoms with Crippen molar-refractivity contribution < 1.29 is 4.79 Å². The summed E-state index contributed by atoms with van der Waals surface area (Å²) in [5.41, 5.74) is 0. The zero-order valence-electron chi connectivity index (χ0n) is 8.05. The van der Waals surface area contributed by atoms with Crippen molar-refractivity contribution >= 4 is 5.91 Å². The molecule has 0 spiro atoms. The number of carbonyl (C=O) groups excluding carboxylic acids is 1. The van der Waals surface area contributed by atoms with Crippen LogP contribution < -0.4 is 0 Å². The second kappa shape index (κ2) is 4.45. The first kappa shape index (κ1) is 9.52. The molecular weight excluding hydrogens is 152 g/mol. The van der Waals surface area contributed by atoms with Crippen LogP contribution in [-0.4, -0.2) is 48.9 Å². The zero-order chi connectivity index (χ0) is 8.97. The lowest BCUT2D eigenvalue weighted by atomic mass is 10.2. The number of hydrogen-bond acceptors (Lipinski definition) is 2. The Kier molecular flexibility index (Phi) is 3.53. The first-order valence-electron chi connectivity index (χ1n) is 4.70. The van der Waals surface area contributed by atoms with Crippen LogP contribution in [0.1, 0.15) is 19.8 Å². The molecule has 0 aromatic carbocycles.